The summed E-state index contributed by atoms with van der Waals surface area (Å²) in [6.07, 6.45) is -2.59. The number of benzene rings is 3. The molecule has 0 saturated carbocycles. The monoisotopic (exact) mass is 525 g/mol. The molecule has 3 aromatic carbocycles. The van der Waals surface area contributed by atoms with Gasteiger partial charge in [-0.15, -0.1) is 0 Å². The van der Waals surface area contributed by atoms with Gasteiger partial charge in [-0.3, -0.25) is 4.98 Å². The number of alkyl halides is 3. The number of aryl methyl sites for hydroxylation is 1. The lowest BCUT2D eigenvalue weighted by molar-refractivity contribution is -0.137. The maximum atomic E-state index is 13.7. The molecule has 1 unspecified atom stereocenters. The van der Waals surface area contributed by atoms with E-state index in [4.69, 9.17) is 23.8 Å². The minimum absolute atomic E-state index is 0.232. The van der Waals surface area contributed by atoms with E-state index in [1.807, 2.05) is 43.3 Å². The van der Waals surface area contributed by atoms with E-state index >= 15 is 0 Å². The van der Waals surface area contributed by atoms with Crippen molar-refractivity contribution in [3.63, 3.8) is 0 Å². The number of rotatable bonds is 6. The van der Waals surface area contributed by atoms with Crippen LogP contribution in [-0.2, 0) is 18.1 Å². The van der Waals surface area contributed by atoms with Gasteiger partial charge in [0.25, 0.3) is 0 Å². The average Bonchev–Trinajstić information content (AvgIpc) is 2.86. The highest BCUT2D eigenvalue weighted by Gasteiger charge is 2.39. The normalized spacial score (nSPS) is 13.0. The Morgan fingerprint density at radius 3 is 2.28 bits per heavy atom. The summed E-state index contributed by atoms with van der Waals surface area (Å²) in [7, 11) is 0. The van der Waals surface area contributed by atoms with E-state index in [0.717, 1.165) is 23.3 Å². The highest BCUT2D eigenvalue weighted by atomic mass is 35.5. The third-order valence-corrected chi connectivity index (χ3v) is 6.47. The largest absolute Gasteiger partial charge is 0.416 e. The van der Waals surface area contributed by atoms with E-state index in [1.165, 1.54) is 6.07 Å². The van der Waals surface area contributed by atoms with Crippen LogP contribution < -0.4 is 10.6 Å². The summed E-state index contributed by atoms with van der Waals surface area (Å²) in [6, 6.07) is 25.5. The van der Waals surface area contributed by atoms with Gasteiger partial charge in [0.1, 0.15) is 5.54 Å². The van der Waals surface area contributed by atoms with Crippen molar-refractivity contribution >= 4 is 34.6 Å². The Bertz CT molecular complexity index is 1350. The summed E-state index contributed by atoms with van der Waals surface area (Å²) in [5.74, 6) is 0. The summed E-state index contributed by atoms with van der Waals surface area (Å²) in [5, 5.41) is 7.33. The Labute approximate surface area is 218 Å². The van der Waals surface area contributed by atoms with Gasteiger partial charge in [-0.25, -0.2) is 0 Å². The second kappa shape index (κ2) is 10.7. The molecule has 1 aromatic heterocycles. The Kier molecular flexibility index (Phi) is 7.62. The van der Waals surface area contributed by atoms with E-state index < -0.39 is 17.3 Å². The molecule has 4 aromatic rings. The molecule has 0 radical (unpaired) electrons. The van der Waals surface area contributed by atoms with Crippen LogP contribution in [0.4, 0.5) is 18.9 Å². The molecule has 0 spiro atoms. The number of hydrogen-bond donors (Lipinski definition) is 2. The van der Waals surface area contributed by atoms with Gasteiger partial charge >= 0.3 is 6.18 Å². The van der Waals surface area contributed by atoms with Crippen molar-refractivity contribution < 1.29 is 13.2 Å². The SMILES string of the molecule is Cc1cc(NC(=S)NC(Cc2ccccc2)(c2cccc(C(F)(F)F)c2)c2ccccn2)ccc1Cl. The molecule has 8 heteroatoms. The van der Waals surface area contributed by atoms with Crippen molar-refractivity contribution in [2.45, 2.75) is 25.1 Å². The van der Waals surface area contributed by atoms with Crippen LogP contribution in [0.5, 0.6) is 0 Å². The Morgan fingerprint density at radius 2 is 1.61 bits per heavy atom. The molecule has 3 nitrogen and oxygen atoms in total. The fourth-order valence-corrected chi connectivity index (χ4v) is 4.49. The first kappa shape index (κ1) is 25.7. The average molecular weight is 526 g/mol. The standard InChI is InChI=1S/C28H23ClF3N3S/c1-19-16-23(13-14-24(19)29)34-26(36)35-27(25-12-5-6-15-33-25,18-20-8-3-2-4-9-20)21-10-7-11-22(17-21)28(30,31)32/h2-17H,18H2,1H3,(H2,34,35,36). The summed E-state index contributed by atoms with van der Waals surface area (Å²) in [6.45, 7) is 1.88. The van der Waals surface area contributed by atoms with Crippen LogP contribution in [0.3, 0.4) is 0 Å². The minimum Gasteiger partial charge on any atom is -0.347 e. The van der Waals surface area contributed by atoms with Crippen molar-refractivity contribution in [3.05, 3.63) is 130 Å². The molecule has 2 N–H and O–H groups in total. The maximum absolute atomic E-state index is 13.7. The first-order chi connectivity index (χ1) is 17.2. The summed E-state index contributed by atoms with van der Waals surface area (Å²) >= 11 is 11.8. The van der Waals surface area contributed by atoms with E-state index in [-0.39, 0.29) is 5.11 Å². The van der Waals surface area contributed by atoms with Gasteiger partial charge < -0.3 is 10.6 Å². The number of nitrogens with zero attached hydrogens (tertiary/aromatic N) is 1. The number of halogens is 4. The predicted octanol–water partition coefficient (Wildman–Crippen LogP) is 7.54. The molecule has 0 bridgehead atoms. The van der Waals surface area contributed by atoms with E-state index in [0.29, 0.717) is 28.4 Å². The summed E-state index contributed by atoms with van der Waals surface area (Å²) in [5.41, 5.74) is 1.44. The zero-order valence-electron chi connectivity index (χ0n) is 19.3. The first-order valence-corrected chi connectivity index (χ1v) is 11.9. The van der Waals surface area contributed by atoms with Gasteiger partial charge in [0.05, 0.1) is 11.3 Å². The summed E-state index contributed by atoms with van der Waals surface area (Å²) in [4.78, 5) is 4.55. The number of aromatic nitrogens is 1. The van der Waals surface area contributed by atoms with Crippen LogP contribution in [0.25, 0.3) is 0 Å². The molecule has 0 saturated heterocycles. The van der Waals surface area contributed by atoms with Gasteiger partial charge in [0.2, 0.25) is 0 Å². The Hall–Kier alpha value is -3.42. The number of anilines is 1. The lowest BCUT2D eigenvalue weighted by atomic mass is 9.80. The number of hydrogen-bond acceptors (Lipinski definition) is 2. The molecule has 184 valence electrons. The minimum atomic E-state index is -4.50. The number of nitrogens with one attached hydrogen (secondary N) is 2. The van der Waals surface area contributed by atoms with Crippen molar-refractivity contribution in [2.75, 3.05) is 5.32 Å². The second-order valence-electron chi connectivity index (χ2n) is 8.40. The Balaban J connectivity index is 1.84. The van der Waals surface area contributed by atoms with Gasteiger partial charge in [0, 0.05) is 23.3 Å². The molecule has 0 amide bonds. The van der Waals surface area contributed by atoms with Crippen molar-refractivity contribution in [1.82, 2.24) is 10.3 Å². The maximum Gasteiger partial charge on any atom is 0.416 e. The highest BCUT2D eigenvalue weighted by Crippen LogP contribution is 2.37. The molecule has 1 atom stereocenters. The third-order valence-electron chi connectivity index (χ3n) is 5.84. The van der Waals surface area contributed by atoms with E-state index in [1.54, 1.807) is 42.6 Å². The zero-order chi connectivity index (χ0) is 25.8. The third kappa shape index (κ3) is 5.86. The molecule has 0 aliphatic carbocycles. The molecule has 0 aliphatic heterocycles. The number of thiocarbonyl (C=S) groups is 1. The van der Waals surface area contributed by atoms with Crippen LogP contribution in [0.2, 0.25) is 5.02 Å². The molecule has 1 heterocycles. The zero-order valence-corrected chi connectivity index (χ0v) is 20.9. The molecular formula is C28H23ClF3N3S. The van der Waals surface area contributed by atoms with E-state index in [9.17, 15) is 13.2 Å². The van der Waals surface area contributed by atoms with Crippen LogP contribution in [0.15, 0.2) is 97.2 Å². The van der Waals surface area contributed by atoms with Crippen molar-refractivity contribution in [2.24, 2.45) is 0 Å². The van der Waals surface area contributed by atoms with Crippen LogP contribution in [0, 0.1) is 6.92 Å². The van der Waals surface area contributed by atoms with E-state index in [2.05, 4.69) is 15.6 Å². The molecule has 4 rings (SSSR count). The van der Waals surface area contributed by atoms with Crippen LogP contribution in [-0.4, -0.2) is 10.1 Å². The fraction of sp³-hybridized carbons (Fsp3) is 0.143. The van der Waals surface area contributed by atoms with Crippen molar-refractivity contribution in [1.29, 1.82) is 0 Å². The quantitative estimate of drug-likeness (QED) is 0.255. The number of pyridine rings is 1. The van der Waals surface area contributed by atoms with Crippen molar-refractivity contribution in [3.8, 4) is 0 Å². The van der Waals surface area contributed by atoms with Gasteiger partial charge in [-0.05, 0) is 78.3 Å². The summed E-state index contributed by atoms with van der Waals surface area (Å²) < 4.78 is 41.2. The smallest absolute Gasteiger partial charge is 0.347 e. The lowest BCUT2D eigenvalue weighted by Crippen LogP contribution is -2.50. The highest BCUT2D eigenvalue weighted by molar-refractivity contribution is 7.80. The van der Waals surface area contributed by atoms with Crippen LogP contribution in [0.1, 0.15) is 27.9 Å². The molecule has 0 aliphatic rings. The van der Waals surface area contributed by atoms with Gasteiger partial charge in [-0.2, -0.15) is 13.2 Å². The molecular weight excluding hydrogens is 503 g/mol. The van der Waals surface area contributed by atoms with Gasteiger partial charge in [-0.1, -0.05) is 60.1 Å². The Morgan fingerprint density at radius 1 is 0.889 bits per heavy atom. The van der Waals surface area contributed by atoms with Crippen LogP contribution >= 0.6 is 23.8 Å². The molecule has 0 fully saturated rings. The second-order valence-corrected chi connectivity index (χ2v) is 9.22. The lowest BCUT2D eigenvalue weighted by Gasteiger charge is -2.37. The topological polar surface area (TPSA) is 37.0 Å². The fourth-order valence-electron chi connectivity index (χ4n) is 4.08. The molecule has 36 heavy (non-hydrogen) atoms. The van der Waals surface area contributed by atoms with Gasteiger partial charge in [0.15, 0.2) is 5.11 Å². The predicted molar refractivity (Wildman–Crippen MR) is 142 cm³/mol. The first-order valence-electron chi connectivity index (χ1n) is 11.2.